The number of hydrogen-bond donors (Lipinski definition) is 1. The molecule has 1 heterocycles. The molecule has 74 valence electrons. The Bertz CT molecular complexity index is 493. The average molecular weight is 296 g/mol. The number of fused-ring (bicyclic) bond motifs is 1. The predicted molar refractivity (Wildman–Crippen MR) is 59.9 cm³/mol. The zero-order valence-electron chi connectivity index (χ0n) is 6.85. The first-order valence-corrected chi connectivity index (χ1v) is 5.35. The van der Waals surface area contributed by atoms with Crippen LogP contribution >= 0.6 is 39.1 Å². The molecular formula is C9H5BrCl2O2. The second kappa shape index (κ2) is 3.74. The van der Waals surface area contributed by atoms with Crippen molar-refractivity contribution in [2.75, 3.05) is 0 Å². The first kappa shape index (κ1) is 10.3. The highest BCUT2D eigenvalue weighted by molar-refractivity contribution is 9.10. The van der Waals surface area contributed by atoms with Crippen LogP contribution in [0.5, 0.6) is 0 Å². The number of aliphatic hydroxyl groups is 1. The van der Waals surface area contributed by atoms with E-state index < -0.39 is 0 Å². The van der Waals surface area contributed by atoms with Gasteiger partial charge in [-0.15, -0.1) is 0 Å². The summed E-state index contributed by atoms with van der Waals surface area (Å²) in [6, 6.07) is 3.34. The van der Waals surface area contributed by atoms with E-state index in [1.807, 2.05) is 0 Å². The van der Waals surface area contributed by atoms with Crippen molar-refractivity contribution in [1.82, 2.24) is 0 Å². The van der Waals surface area contributed by atoms with Gasteiger partial charge >= 0.3 is 0 Å². The van der Waals surface area contributed by atoms with Gasteiger partial charge in [-0.2, -0.15) is 0 Å². The van der Waals surface area contributed by atoms with Crippen LogP contribution in [0.1, 0.15) is 5.76 Å². The molecule has 0 aliphatic heterocycles. The standard InChI is InChI=1S/C9H5BrCl2O2/c10-6-2-7(11)9-5(8(6)12)1-4(3-13)14-9/h1-2,13H,3H2. The van der Waals surface area contributed by atoms with Gasteiger partial charge in [-0.05, 0) is 28.1 Å². The Morgan fingerprint density at radius 1 is 1.36 bits per heavy atom. The maximum absolute atomic E-state index is 8.90. The van der Waals surface area contributed by atoms with E-state index in [-0.39, 0.29) is 6.61 Å². The predicted octanol–water partition coefficient (Wildman–Crippen LogP) is 3.99. The third-order valence-electron chi connectivity index (χ3n) is 1.86. The molecule has 0 bridgehead atoms. The highest BCUT2D eigenvalue weighted by atomic mass is 79.9. The summed E-state index contributed by atoms with van der Waals surface area (Å²) >= 11 is 15.2. The van der Waals surface area contributed by atoms with Gasteiger partial charge in [0.15, 0.2) is 5.58 Å². The fourth-order valence-corrected chi connectivity index (χ4v) is 2.25. The summed E-state index contributed by atoms with van der Waals surface area (Å²) in [5, 5.41) is 10.6. The molecule has 0 spiro atoms. The Labute approximate surface area is 98.5 Å². The summed E-state index contributed by atoms with van der Waals surface area (Å²) in [6.45, 7) is -0.168. The number of halogens is 3. The third kappa shape index (κ3) is 1.54. The van der Waals surface area contributed by atoms with Crippen LogP contribution in [0.25, 0.3) is 11.0 Å². The van der Waals surface area contributed by atoms with Crippen LogP contribution in [-0.4, -0.2) is 5.11 Å². The Kier molecular flexibility index (Phi) is 2.75. The molecule has 1 N–H and O–H groups in total. The first-order valence-electron chi connectivity index (χ1n) is 3.80. The quantitative estimate of drug-likeness (QED) is 0.807. The van der Waals surface area contributed by atoms with Crippen molar-refractivity contribution in [1.29, 1.82) is 0 Å². The Morgan fingerprint density at radius 3 is 2.71 bits per heavy atom. The minimum atomic E-state index is -0.168. The zero-order chi connectivity index (χ0) is 10.3. The molecular weight excluding hydrogens is 291 g/mol. The largest absolute Gasteiger partial charge is 0.457 e. The normalized spacial score (nSPS) is 11.1. The molecule has 0 aliphatic carbocycles. The van der Waals surface area contributed by atoms with Gasteiger partial charge in [0.05, 0.1) is 10.0 Å². The van der Waals surface area contributed by atoms with Crippen LogP contribution in [0.15, 0.2) is 21.0 Å². The van der Waals surface area contributed by atoms with Gasteiger partial charge in [-0.3, -0.25) is 0 Å². The number of furan rings is 1. The molecule has 1 aromatic heterocycles. The molecule has 0 aliphatic rings. The SMILES string of the molecule is OCc1cc2c(Cl)c(Br)cc(Cl)c2o1. The van der Waals surface area contributed by atoms with E-state index in [0.29, 0.717) is 31.2 Å². The minimum Gasteiger partial charge on any atom is -0.457 e. The van der Waals surface area contributed by atoms with Gasteiger partial charge in [-0.1, -0.05) is 23.2 Å². The molecule has 0 amide bonds. The first-order chi connectivity index (χ1) is 6.63. The molecule has 5 heteroatoms. The van der Waals surface area contributed by atoms with Crippen molar-refractivity contribution in [2.45, 2.75) is 6.61 Å². The molecule has 2 aromatic rings. The molecule has 0 saturated heterocycles. The number of benzene rings is 1. The molecule has 0 atom stereocenters. The van der Waals surface area contributed by atoms with E-state index in [4.69, 9.17) is 32.7 Å². The van der Waals surface area contributed by atoms with Crippen molar-refractivity contribution in [2.24, 2.45) is 0 Å². The monoisotopic (exact) mass is 294 g/mol. The molecule has 2 rings (SSSR count). The fourth-order valence-electron chi connectivity index (χ4n) is 1.23. The lowest BCUT2D eigenvalue weighted by molar-refractivity contribution is 0.251. The lowest BCUT2D eigenvalue weighted by Crippen LogP contribution is -1.73. The Morgan fingerprint density at radius 2 is 2.07 bits per heavy atom. The van der Waals surface area contributed by atoms with Crippen LogP contribution in [-0.2, 0) is 6.61 Å². The van der Waals surface area contributed by atoms with Crippen LogP contribution in [0.4, 0.5) is 0 Å². The van der Waals surface area contributed by atoms with Crippen molar-refractivity contribution in [3.05, 3.63) is 32.4 Å². The topological polar surface area (TPSA) is 33.4 Å². The van der Waals surface area contributed by atoms with E-state index in [1.54, 1.807) is 12.1 Å². The molecule has 1 aromatic carbocycles. The maximum atomic E-state index is 8.90. The minimum absolute atomic E-state index is 0.168. The summed E-state index contributed by atoms with van der Waals surface area (Å²) in [5.41, 5.74) is 0.504. The van der Waals surface area contributed by atoms with Crippen molar-refractivity contribution in [3.63, 3.8) is 0 Å². The van der Waals surface area contributed by atoms with Crippen LogP contribution in [0.2, 0.25) is 10.0 Å². The number of aliphatic hydroxyl groups excluding tert-OH is 1. The van der Waals surface area contributed by atoms with E-state index in [1.165, 1.54) is 0 Å². The molecule has 2 nitrogen and oxygen atoms in total. The third-order valence-corrected chi connectivity index (χ3v) is 3.40. The fraction of sp³-hybridized carbons (Fsp3) is 0.111. The van der Waals surface area contributed by atoms with Gasteiger partial charge < -0.3 is 9.52 Å². The Hall–Kier alpha value is -0.220. The number of rotatable bonds is 1. The lowest BCUT2D eigenvalue weighted by Gasteiger charge is -1.98. The second-order valence-electron chi connectivity index (χ2n) is 2.77. The Balaban J connectivity index is 2.84. The van der Waals surface area contributed by atoms with Crippen LogP contribution < -0.4 is 0 Å². The molecule has 0 saturated carbocycles. The van der Waals surface area contributed by atoms with Crippen molar-refractivity contribution in [3.8, 4) is 0 Å². The van der Waals surface area contributed by atoms with Crippen molar-refractivity contribution >= 4 is 50.1 Å². The molecule has 14 heavy (non-hydrogen) atoms. The van der Waals surface area contributed by atoms with Crippen LogP contribution in [0.3, 0.4) is 0 Å². The van der Waals surface area contributed by atoms with Crippen molar-refractivity contribution < 1.29 is 9.52 Å². The van der Waals surface area contributed by atoms with Gasteiger partial charge in [-0.25, -0.2) is 0 Å². The smallest absolute Gasteiger partial charge is 0.154 e. The van der Waals surface area contributed by atoms with E-state index in [9.17, 15) is 0 Å². The average Bonchev–Trinajstić information content (AvgIpc) is 2.58. The van der Waals surface area contributed by atoms with E-state index >= 15 is 0 Å². The second-order valence-corrected chi connectivity index (χ2v) is 4.41. The highest BCUT2D eigenvalue weighted by Gasteiger charge is 2.13. The van der Waals surface area contributed by atoms with E-state index in [2.05, 4.69) is 15.9 Å². The highest BCUT2D eigenvalue weighted by Crippen LogP contribution is 2.37. The van der Waals surface area contributed by atoms with Gasteiger partial charge in [0.25, 0.3) is 0 Å². The van der Waals surface area contributed by atoms with Gasteiger partial charge in [0, 0.05) is 9.86 Å². The summed E-state index contributed by atoms with van der Waals surface area (Å²) < 4.78 is 6.01. The van der Waals surface area contributed by atoms with Crippen LogP contribution in [0, 0.1) is 0 Å². The van der Waals surface area contributed by atoms with Gasteiger partial charge in [0.1, 0.15) is 12.4 Å². The summed E-state index contributed by atoms with van der Waals surface area (Å²) in [4.78, 5) is 0. The zero-order valence-corrected chi connectivity index (χ0v) is 9.95. The summed E-state index contributed by atoms with van der Waals surface area (Å²) in [7, 11) is 0. The summed E-state index contributed by atoms with van der Waals surface area (Å²) in [6.07, 6.45) is 0. The molecule has 0 unspecified atom stereocenters. The lowest BCUT2D eigenvalue weighted by atomic mass is 10.2. The van der Waals surface area contributed by atoms with E-state index in [0.717, 1.165) is 0 Å². The van der Waals surface area contributed by atoms with Gasteiger partial charge in [0.2, 0.25) is 0 Å². The molecule has 0 radical (unpaired) electrons. The summed E-state index contributed by atoms with van der Waals surface area (Å²) in [5.74, 6) is 0.446. The maximum Gasteiger partial charge on any atom is 0.154 e. The number of hydrogen-bond acceptors (Lipinski definition) is 2. The molecule has 0 fully saturated rings.